The van der Waals surface area contributed by atoms with Crippen LogP contribution in [0.4, 0.5) is 5.69 Å². The number of carbonyl (C=O) groups is 1. The summed E-state index contributed by atoms with van der Waals surface area (Å²) in [6.07, 6.45) is 2.41. The first-order valence-corrected chi connectivity index (χ1v) is 8.57. The fourth-order valence-electron chi connectivity index (χ4n) is 2.64. The molecule has 1 amide bonds. The topological polar surface area (TPSA) is 101 Å². The van der Waals surface area contributed by atoms with Crippen LogP contribution in [0.3, 0.4) is 0 Å². The van der Waals surface area contributed by atoms with E-state index in [1.807, 2.05) is 6.92 Å². The number of primary sulfonamides is 1. The van der Waals surface area contributed by atoms with E-state index in [9.17, 15) is 13.2 Å². The maximum absolute atomic E-state index is 12.5. The van der Waals surface area contributed by atoms with Crippen LogP contribution < -0.4 is 15.8 Å². The molecule has 0 atom stereocenters. The Hall–Kier alpha value is -1.44. The van der Waals surface area contributed by atoms with E-state index < -0.39 is 10.0 Å². The summed E-state index contributed by atoms with van der Waals surface area (Å²) >= 11 is 0. The van der Waals surface area contributed by atoms with E-state index in [1.165, 1.54) is 12.1 Å². The van der Waals surface area contributed by atoms with E-state index in [4.69, 9.17) is 5.14 Å². The van der Waals surface area contributed by atoms with Crippen molar-refractivity contribution < 1.29 is 13.2 Å². The van der Waals surface area contributed by atoms with Crippen molar-refractivity contribution in [3.63, 3.8) is 0 Å². The van der Waals surface area contributed by atoms with E-state index in [2.05, 4.69) is 10.6 Å². The molecule has 6 nitrogen and oxygen atoms in total. The first kappa shape index (κ1) is 15.9. The minimum Gasteiger partial charge on any atom is -0.326 e. The van der Waals surface area contributed by atoms with Gasteiger partial charge >= 0.3 is 0 Å². The van der Waals surface area contributed by atoms with Crippen molar-refractivity contribution in [1.82, 2.24) is 5.32 Å². The Morgan fingerprint density at radius 2 is 1.86 bits per heavy atom. The minimum atomic E-state index is -3.71. The summed E-state index contributed by atoms with van der Waals surface area (Å²) in [5, 5.41) is 11.2. The second-order valence-electron chi connectivity index (χ2n) is 5.41. The third-order valence-electron chi connectivity index (χ3n) is 4.16. The molecule has 0 aromatic heterocycles. The lowest BCUT2D eigenvalue weighted by Gasteiger charge is -2.35. The molecule has 1 aromatic carbocycles. The Kier molecular flexibility index (Phi) is 4.65. The van der Waals surface area contributed by atoms with Gasteiger partial charge in [-0.2, -0.15) is 0 Å². The van der Waals surface area contributed by atoms with Gasteiger partial charge in [-0.25, -0.2) is 13.6 Å². The molecule has 0 bridgehead atoms. The molecule has 1 aliphatic rings. The van der Waals surface area contributed by atoms with Crippen LogP contribution in [0.5, 0.6) is 0 Å². The summed E-state index contributed by atoms with van der Waals surface area (Å²) in [5.41, 5.74) is 0.239. The fraction of sp³-hybridized carbons (Fsp3) is 0.500. The maximum atomic E-state index is 12.5. The van der Waals surface area contributed by atoms with Gasteiger partial charge in [-0.05, 0) is 56.6 Å². The predicted molar refractivity (Wildman–Crippen MR) is 81.3 cm³/mol. The minimum absolute atomic E-state index is 0.00476. The number of benzene rings is 1. The average Bonchev–Trinajstić information content (AvgIpc) is 2.47. The number of carbonyl (C=O) groups excluding carboxylic acids is 1. The largest absolute Gasteiger partial charge is 0.326 e. The summed E-state index contributed by atoms with van der Waals surface area (Å²) in [4.78, 5) is 12.6. The number of hydrogen-bond acceptors (Lipinski definition) is 4. The number of nitrogens with two attached hydrogens (primary N) is 1. The molecular formula is C14H21N3O3S. The molecule has 1 heterocycles. The zero-order valence-electron chi connectivity index (χ0n) is 12.1. The van der Waals surface area contributed by atoms with Crippen LogP contribution in [-0.4, -0.2) is 27.4 Å². The van der Waals surface area contributed by atoms with E-state index in [0.29, 0.717) is 5.69 Å². The summed E-state index contributed by atoms with van der Waals surface area (Å²) in [5.74, 6) is -0.00476. The molecule has 1 fully saturated rings. The van der Waals surface area contributed by atoms with Crippen molar-refractivity contribution in [3.8, 4) is 0 Å². The van der Waals surface area contributed by atoms with Crippen LogP contribution in [0.15, 0.2) is 29.2 Å². The molecule has 1 aliphatic heterocycles. The Labute approximate surface area is 125 Å². The highest BCUT2D eigenvalue weighted by molar-refractivity contribution is 7.89. The third-order valence-corrected chi connectivity index (χ3v) is 5.09. The number of anilines is 1. The maximum Gasteiger partial charge on any atom is 0.238 e. The van der Waals surface area contributed by atoms with Gasteiger partial charge < -0.3 is 10.6 Å². The molecule has 0 aliphatic carbocycles. The zero-order chi connectivity index (χ0) is 15.5. The molecule has 0 saturated carbocycles. The molecule has 1 aromatic rings. The molecule has 116 valence electrons. The molecule has 4 N–H and O–H groups in total. The van der Waals surface area contributed by atoms with Crippen LogP contribution >= 0.6 is 0 Å². The van der Waals surface area contributed by atoms with Crippen molar-refractivity contribution in [2.24, 2.45) is 10.6 Å². The van der Waals surface area contributed by atoms with E-state index in [-0.39, 0.29) is 16.2 Å². The molecule has 7 heteroatoms. The van der Waals surface area contributed by atoms with Crippen molar-refractivity contribution >= 4 is 21.6 Å². The molecule has 1 saturated heterocycles. The molecule has 0 unspecified atom stereocenters. The third kappa shape index (κ3) is 3.61. The zero-order valence-corrected chi connectivity index (χ0v) is 12.9. The van der Waals surface area contributed by atoms with Crippen LogP contribution in [0, 0.1) is 5.41 Å². The SMILES string of the molecule is CCC1(C(=O)Nc2ccc(S(N)(=O)=O)cc2)CCNCC1. The highest BCUT2D eigenvalue weighted by atomic mass is 32.2. The van der Waals surface area contributed by atoms with Crippen LogP contribution in [0.2, 0.25) is 0 Å². The summed E-state index contributed by atoms with van der Waals surface area (Å²) in [7, 11) is -3.71. The van der Waals surface area contributed by atoms with Gasteiger partial charge in [0.05, 0.1) is 10.3 Å². The Morgan fingerprint density at radius 1 is 1.29 bits per heavy atom. The van der Waals surface area contributed by atoms with Gasteiger partial charge in [0.25, 0.3) is 0 Å². The van der Waals surface area contributed by atoms with Gasteiger partial charge in [-0.1, -0.05) is 6.92 Å². The van der Waals surface area contributed by atoms with E-state index in [0.717, 1.165) is 32.4 Å². The Bertz CT molecular complexity index is 605. The van der Waals surface area contributed by atoms with Crippen molar-refractivity contribution in [2.45, 2.75) is 31.1 Å². The quantitative estimate of drug-likeness (QED) is 0.773. The number of nitrogens with one attached hydrogen (secondary N) is 2. The Morgan fingerprint density at radius 3 is 2.33 bits per heavy atom. The van der Waals surface area contributed by atoms with Crippen molar-refractivity contribution in [3.05, 3.63) is 24.3 Å². The van der Waals surface area contributed by atoms with Gasteiger partial charge in [-0.3, -0.25) is 4.79 Å². The molecule has 0 radical (unpaired) electrons. The van der Waals surface area contributed by atoms with Crippen LogP contribution in [-0.2, 0) is 14.8 Å². The number of sulfonamides is 1. The van der Waals surface area contributed by atoms with Gasteiger partial charge in [0.1, 0.15) is 0 Å². The fourth-order valence-corrected chi connectivity index (χ4v) is 3.15. The molecule has 2 rings (SSSR count). The summed E-state index contributed by atoms with van der Waals surface area (Å²) < 4.78 is 22.4. The van der Waals surface area contributed by atoms with Crippen LogP contribution in [0.25, 0.3) is 0 Å². The van der Waals surface area contributed by atoms with E-state index >= 15 is 0 Å². The lowest BCUT2D eigenvalue weighted by molar-refractivity contribution is -0.127. The number of rotatable bonds is 4. The van der Waals surface area contributed by atoms with Gasteiger partial charge in [0, 0.05) is 5.69 Å². The monoisotopic (exact) mass is 311 g/mol. The lowest BCUT2D eigenvalue weighted by Crippen LogP contribution is -2.44. The van der Waals surface area contributed by atoms with E-state index in [1.54, 1.807) is 12.1 Å². The van der Waals surface area contributed by atoms with Gasteiger partial charge in [-0.15, -0.1) is 0 Å². The second kappa shape index (κ2) is 6.13. The highest BCUT2D eigenvalue weighted by Crippen LogP contribution is 2.33. The number of piperidine rings is 1. The predicted octanol–water partition coefficient (Wildman–Crippen LogP) is 1.05. The highest BCUT2D eigenvalue weighted by Gasteiger charge is 2.37. The standard InChI is InChI=1S/C14H21N3O3S/c1-2-14(7-9-16-10-8-14)13(18)17-11-3-5-12(6-4-11)21(15,19)20/h3-6,16H,2,7-10H2,1H3,(H,17,18)(H2,15,19,20). The van der Waals surface area contributed by atoms with Crippen molar-refractivity contribution in [1.29, 1.82) is 0 Å². The Balaban J connectivity index is 2.12. The van der Waals surface area contributed by atoms with Crippen LogP contribution in [0.1, 0.15) is 26.2 Å². The lowest BCUT2D eigenvalue weighted by atomic mass is 9.76. The normalized spacial score (nSPS) is 18.2. The van der Waals surface area contributed by atoms with Crippen molar-refractivity contribution in [2.75, 3.05) is 18.4 Å². The first-order valence-electron chi connectivity index (χ1n) is 7.02. The molecule has 0 spiro atoms. The molecular weight excluding hydrogens is 290 g/mol. The smallest absolute Gasteiger partial charge is 0.238 e. The van der Waals surface area contributed by atoms with Gasteiger partial charge in [0.2, 0.25) is 15.9 Å². The number of hydrogen-bond donors (Lipinski definition) is 3. The average molecular weight is 311 g/mol. The first-order chi connectivity index (χ1) is 9.87. The number of amides is 1. The summed E-state index contributed by atoms with van der Waals surface area (Å²) in [6, 6.07) is 5.90. The van der Waals surface area contributed by atoms with Gasteiger partial charge in [0.15, 0.2) is 0 Å². The molecule has 21 heavy (non-hydrogen) atoms. The summed E-state index contributed by atoms with van der Waals surface area (Å²) in [6.45, 7) is 3.70. The second-order valence-corrected chi connectivity index (χ2v) is 6.97.